The van der Waals surface area contributed by atoms with Crippen molar-refractivity contribution in [3.05, 3.63) is 48.0 Å². The van der Waals surface area contributed by atoms with E-state index in [1.807, 2.05) is 55.4 Å². The highest BCUT2D eigenvalue weighted by Gasteiger charge is 2.38. The van der Waals surface area contributed by atoms with Crippen molar-refractivity contribution < 1.29 is 32.3 Å². The third-order valence-electron chi connectivity index (χ3n) is 3.73. The van der Waals surface area contributed by atoms with E-state index < -0.39 is 12.1 Å². The molecule has 0 aliphatic rings. The lowest BCUT2D eigenvalue weighted by Crippen LogP contribution is -2.31. The van der Waals surface area contributed by atoms with Crippen LogP contribution in [-0.4, -0.2) is 55.2 Å². The first-order chi connectivity index (χ1) is 13.1. The Bertz CT molecular complexity index is 980. The third kappa shape index (κ3) is 5.46. The van der Waals surface area contributed by atoms with Gasteiger partial charge in [-0.05, 0) is 38.4 Å². The van der Waals surface area contributed by atoms with Crippen LogP contribution in [0.4, 0.5) is 13.2 Å². The Kier molecular flexibility index (Phi) is 6.63. The summed E-state index contributed by atoms with van der Waals surface area (Å²) in [4.78, 5) is 23.1. The van der Waals surface area contributed by atoms with Crippen LogP contribution in [0, 0.1) is 0 Å². The van der Waals surface area contributed by atoms with E-state index in [-0.39, 0.29) is 5.91 Å². The number of carboxylic acids is 1. The summed E-state index contributed by atoms with van der Waals surface area (Å²) < 4.78 is 37.5. The van der Waals surface area contributed by atoms with E-state index in [1.54, 1.807) is 6.07 Å². The molecule has 1 heterocycles. The van der Waals surface area contributed by atoms with Gasteiger partial charge in [0.05, 0.1) is 0 Å². The van der Waals surface area contributed by atoms with Gasteiger partial charge in [0.25, 0.3) is 5.91 Å². The van der Waals surface area contributed by atoms with Crippen LogP contribution in [0.2, 0.25) is 0 Å². The molecule has 9 heteroatoms. The topological polar surface area (TPSA) is 82.8 Å². The zero-order valence-electron chi connectivity index (χ0n) is 15.2. The number of benzene rings is 2. The van der Waals surface area contributed by atoms with Crippen LogP contribution in [0.25, 0.3) is 21.9 Å². The molecule has 3 rings (SSSR count). The number of aliphatic carboxylic acids is 1. The van der Waals surface area contributed by atoms with Gasteiger partial charge >= 0.3 is 12.1 Å². The third-order valence-corrected chi connectivity index (χ3v) is 3.73. The molecule has 0 fully saturated rings. The summed E-state index contributed by atoms with van der Waals surface area (Å²) in [5, 5.41) is 12.1. The molecule has 150 valence electrons. The number of furan rings is 1. The van der Waals surface area contributed by atoms with Gasteiger partial charge in [-0.15, -0.1) is 0 Å². The summed E-state index contributed by atoms with van der Waals surface area (Å²) in [6, 6.07) is 13.4. The Morgan fingerprint density at radius 1 is 1.07 bits per heavy atom. The minimum Gasteiger partial charge on any atom is -0.475 e. The Morgan fingerprint density at radius 3 is 2.29 bits per heavy atom. The number of amides is 1. The molecular weight excluding hydrogens is 377 g/mol. The molecule has 0 saturated heterocycles. The van der Waals surface area contributed by atoms with Gasteiger partial charge in [0, 0.05) is 29.4 Å². The number of nitrogens with one attached hydrogen (secondary N) is 1. The number of alkyl halides is 3. The number of hydrogen-bond acceptors (Lipinski definition) is 4. The fourth-order valence-corrected chi connectivity index (χ4v) is 2.36. The lowest BCUT2D eigenvalue weighted by Gasteiger charge is -2.10. The van der Waals surface area contributed by atoms with Gasteiger partial charge in [0.15, 0.2) is 0 Å². The van der Waals surface area contributed by atoms with E-state index in [9.17, 15) is 18.0 Å². The van der Waals surface area contributed by atoms with Gasteiger partial charge in [-0.1, -0.05) is 18.2 Å². The number of likely N-dealkylation sites (N-methyl/N-ethyl adjacent to an activating group) is 1. The molecule has 0 aliphatic carbocycles. The second kappa shape index (κ2) is 8.75. The smallest absolute Gasteiger partial charge is 0.475 e. The van der Waals surface area contributed by atoms with Gasteiger partial charge in [-0.3, -0.25) is 4.79 Å². The number of carbonyl (C=O) groups excluding carboxylic acids is 1. The first-order valence-corrected chi connectivity index (χ1v) is 8.24. The first-order valence-electron chi connectivity index (χ1n) is 8.24. The van der Waals surface area contributed by atoms with E-state index in [1.165, 1.54) is 0 Å². The molecule has 0 spiro atoms. The zero-order valence-corrected chi connectivity index (χ0v) is 15.2. The number of hydrogen-bond donors (Lipinski definition) is 2. The van der Waals surface area contributed by atoms with E-state index in [2.05, 4.69) is 5.32 Å². The molecule has 1 aromatic heterocycles. The van der Waals surface area contributed by atoms with Crippen molar-refractivity contribution >= 4 is 33.8 Å². The maximum Gasteiger partial charge on any atom is 0.490 e. The molecule has 0 unspecified atom stereocenters. The summed E-state index contributed by atoms with van der Waals surface area (Å²) in [6.45, 7) is 1.46. The molecule has 2 aromatic carbocycles. The van der Waals surface area contributed by atoms with E-state index in [0.29, 0.717) is 12.1 Å². The summed E-state index contributed by atoms with van der Waals surface area (Å²) in [5.41, 5.74) is 2.31. The van der Waals surface area contributed by atoms with E-state index >= 15 is 0 Å². The second-order valence-corrected chi connectivity index (χ2v) is 6.17. The number of fused-ring (bicyclic) bond motifs is 3. The van der Waals surface area contributed by atoms with Crippen molar-refractivity contribution in [2.24, 2.45) is 0 Å². The Balaban J connectivity index is 0.000000345. The highest BCUT2D eigenvalue weighted by Crippen LogP contribution is 2.29. The van der Waals surface area contributed by atoms with E-state index in [0.717, 1.165) is 28.5 Å². The van der Waals surface area contributed by atoms with Crippen LogP contribution in [0.5, 0.6) is 0 Å². The second-order valence-electron chi connectivity index (χ2n) is 6.17. The highest BCUT2D eigenvalue weighted by molar-refractivity contribution is 6.08. The molecule has 0 aliphatic heterocycles. The monoisotopic (exact) mass is 396 g/mol. The number of nitrogens with zero attached hydrogens (tertiary/aromatic N) is 1. The van der Waals surface area contributed by atoms with Crippen LogP contribution in [0.15, 0.2) is 46.9 Å². The van der Waals surface area contributed by atoms with Gasteiger partial charge in [-0.25, -0.2) is 4.79 Å². The molecule has 0 saturated carbocycles. The van der Waals surface area contributed by atoms with Crippen LogP contribution < -0.4 is 5.32 Å². The van der Waals surface area contributed by atoms with Crippen molar-refractivity contribution in [3.8, 4) is 0 Å². The van der Waals surface area contributed by atoms with Crippen molar-refractivity contribution in [2.45, 2.75) is 6.18 Å². The molecule has 28 heavy (non-hydrogen) atoms. The lowest BCUT2D eigenvalue weighted by atomic mass is 10.1. The van der Waals surface area contributed by atoms with Gasteiger partial charge in [0.2, 0.25) is 0 Å². The average molecular weight is 396 g/mol. The Hall–Kier alpha value is -3.07. The van der Waals surface area contributed by atoms with Crippen LogP contribution in [0.3, 0.4) is 0 Å². The standard InChI is InChI=1S/C17H18N2O2.C2HF3O2/c1-19(2)10-9-18-17(20)12-7-8-16-14(11-12)13-5-3-4-6-15(13)21-16;3-2(4,5)1(6)7/h3-8,11H,9-10H2,1-2H3,(H,18,20);(H,6,7). The highest BCUT2D eigenvalue weighted by atomic mass is 19.4. The van der Waals surface area contributed by atoms with Crippen LogP contribution in [-0.2, 0) is 4.79 Å². The minimum absolute atomic E-state index is 0.0518. The molecule has 0 atom stereocenters. The van der Waals surface area contributed by atoms with Crippen molar-refractivity contribution in [2.75, 3.05) is 27.2 Å². The summed E-state index contributed by atoms with van der Waals surface area (Å²) in [7, 11) is 3.96. The number of carboxylic acid groups (broad SMARTS) is 1. The summed E-state index contributed by atoms with van der Waals surface area (Å²) in [5.74, 6) is -2.81. The first kappa shape index (κ1) is 21.2. The predicted molar refractivity (Wildman–Crippen MR) is 98.3 cm³/mol. The molecule has 6 nitrogen and oxygen atoms in total. The molecule has 3 aromatic rings. The fraction of sp³-hybridized carbons (Fsp3) is 0.263. The van der Waals surface area contributed by atoms with Gasteiger partial charge in [-0.2, -0.15) is 13.2 Å². The van der Waals surface area contributed by atoms with Crippen LogP contribution >= 0.6 is 0 Å². The quantitative estimate of drug-likeness (QED) is 0.705. The molecule has 0 bridgehead atoms. The van der Waals surface area contributed by atoms with Crippen molar-refractivity contribution in [1.29, 1.82) is 0 Å². The molecule has 1 amide bonds. The molecule has 2 N–H and O–H groups in total. The van der Waals surface area contributed by atoms with E-state index in [4.69, 9.17) is 14.3 Å². The lowest BCUT2D eigenvalue weighted by molar-refractivity contribution is -0.192. The number of para-hydroxylation sites is 1. The fourth-order valence-electron chi connectivity index (χ4n) is 2.36. The van der Waals surface area contributed by atoms with Gasteiger partial charge < -0.3 is 19.7 Å². The number of rotatable bonds is 4. The van der Waals surface area contributed by atoms with Crippen LogP contribution in [0.1, 0.15) is 10.4 Å². The SMILES string of the molecule is CN(C)CCNC(=O)c1ccc2oc3ccccc3c2c1.O=C(O)C(F)(F)F. The summed E-state index contributed by atoms with van der Waals surface area (Å²) >= 11 is 0. The maximum atomic E-state index is 12.2. The Labute approximate surface area is 158 Å². The molecular formula is C19H19F3N2O4. The van der Waals surface area contributed by atoms with Crippen molar-refractivity contribution in [1.82, 2.24) is 10.2 Å². The summed E-state index contributed by atoms with van der Waals surface area (Å²) in [6.07, 6.45) is -5.08. The van der Waals surface area contributed by atoms with Crippen molar-refractivity contribution in [3.63, 3.8) is 0 Å². The maximum absolute atomic E-state index is 12.2. The largest absolute Gasteiger partial charge is 0.490 e. The predicted octanol–water partition coefficient (Wildman–Crippen LogP) is 3.51. The zero-order chi connectivity index (χ0) is 20.9. The minimum atomic E-state index is -5.08. The average Bonchev–Trinajstić information content (AvgIpc) is 2.99. The normalized spacial score (nSPS) is 11.4. The number of carbonyl (C=O) groups is 2. The Morgan fingerprint density at radius 2 is 1.68 bits per heavy atom. The number of halogens is 3. The molecule has 0 radical (unpaired) electrons. The van der Waals surface area contributed by atoms with Gasteiger partial charge in [0.1, 0.15) is 11.2 Å².